The molecular formula is C14H11N5O3. The van der Waals surface area contributed by atoms with Crippen LogP contribution >= 0.6 is 0 Å². The fourth-order valence-electron chi connectivity index (χ4n) is 1.54. The SMILES string of the molecule is N#C/C(=N\OCc1cccc(NC(=O)O)n1)c1cccnc1. The number of amides is 1. The van der Waals surface area contributed by atoms with Crippen LogP contribution in [0.15, 0.2) is 47.9 Å². The fourth-order valence-corrected chi connectivity index (χ4v) is 1.54. The van der Waals surface area contributed by atoms with Gasteiger partial charge in [-0.25, -0.2) is 9.78 Å². The number of nitriles is 1. The van der Waals surface area contributed by atoms with Crippen LogP contribution < -0.4 is 5.32 Å². The molecule has 0 saturated heterocycles. The van der Waals surface area contributed by atoms with E-state index < -0.39 is 6.09 Å². The monoisotopic (exact) mass is 297 g/mol. The van der Waals surface area contributed by atoms with Gasteiger partial charge in [0.2, 0.25) is 0 Å². The maximum Gasteiger partial charge on any atom is 0.410 e. The van der Waals surface area contributed by atoms with Crippen LogP contribution in [0.3, 0.4) is 0 Å². The van der Waals surface area contributed by atoms with Crippen LogP contribution in [0.5, 0.6) is 0 Å². The minimum absolute atomic E-state index is 0.000577. The van der Waals surface area contributed by atoms with E-state index in [9.17, 15) is 4.79 Å². The number of nitrogens with one attached hydrogen (secondary N) is 1. The van der Waals surface area contributed by atoms with E-state index in [1.165, 1.54) is 12.3 Å². The average Bonchev–Trinajstić information content (AvgIpc) is 2.52. The highest BCUT2D eigenvalue weighted by molar-refractivity contribution is 6.11. The second-order valence-electron chi connectivity index (χ2n) is 4.01. The number of rotatable bonds is 5. The maximum atomic E-state index is 10.5. The van der Waals surface area contributed by atoms with Gasteiger partial charge in [0, 0.05) is 18.0 Å². The Morgan fingerprint density at radius 2 is 2.27 bits per heavy atom. The summed E-state index contributed by atoms with van der Waals surface area (Å²) in [6.45, 7) is 0.000577. The number of hydrogen-bond acceptors (Lipinski definition) is 6. The molecule has 0 radical (unpaired) electrons. The van der Waals surface area contributed by atoms with Gasteiger partial charge < -0.3 is 9.94 Å². The second kappa shape index (κ2) is 7.35. The van der Waals surface area contributed by atoms with Crippen LogP contribution in [0.1, 0.15) is 11.3 Å². The molecule has 8 heteroatoms. The number of pyridine rings is 2. The molecule has 22 heavy (non-hydrogen) atoms. The average molecular weight is 297 g/mol. The first-order valence-electron chi connectivity index (χ1n) is 6.15. The molecule has 0 aliphatic carbocycles. The summed E-state index contributed by atoms with van der Waals surface area (Å²) in [6.07, 6.45) is 1.89. The Morgan fingerprint density at radius 1 is 1.41 bits per heavy atom. The molecule has 2 heterocycles. The molecule has 0 fully saturated rings. The quantitative estimate of drug-likeness (QED) is 0.643. The number of hydrogen-bond donors (Lipinski definition) is 2. The molecule has 0 atom stereocenters. The number of carboxylic acid groups (broad SMARTS) is 1. The van der Waals surface area contributed by atoms with Crippen LogP contribution in [0.4, 0.5) is 10.6 Å². The third-order valence-corrected chi connectivity index (χ3v) is 2.45. The number of anilines is 1. The third-order valence-electron chi connectivity index (χ3n) is 2.45. The summed E-state index contributed by atoms with van der Waals surface area (Å²) in [5.74, 6) is 0.186. The number of aromatic nitrogens is 2. The van der Waals surface area contributed by atoms with Crippen molar-refractivity contribution in [2.24, 2.45) is 5.16 Å². The molecular weight excluding hydrogens is 286 g/mol. The van der Waals surface area contributed by atoms with E-state index in [4.69, 9.17) is 15.2 Å². The molecule has 0 unspecified atom stereocenters. The lowest BCUT2D eigenvalue weighted by atomic mass is 10.2. The van der Waals surface area contributed by atoms with Gasteiger partial charge in [-0.3, -0.25) is 10.3 Å². The molecule has 0 aromatic carbocycles. The summed E-state index contributed by atoms with van der Waals surface area (Å²) < 4.78 is 0. The fraction of sp³-hybridized carbons (Fsp3) is 0.0714. The second-order valence-corrected chi connectivity index (χ2v) is 4.01. The summed E-state index contributed by atoms with van der Waals surface area (Å²) in [7, 11) is 0. The van der Waals surface area contributed by atoms with Crippen molar-refractivity contribution in [1.29, 1.82) is 5.26 Å². The molecule has 0 aliphatic rings. The summed E-state index contributed by atoms with van der Waals surface area (Å²) >= 11 is 0. The van der Waals surface area contributed by atoms with Crippen LogP contribution in [0.2, 0.25) is 0 Å². The Balaban J connectivity index is 2.02. The van der Waals surface area contributed by atoms with Gasteiger partial charge in [-0.15, -0.1) is 0 Å². The Kier molecular flexibility index (Phi) is 4.99. The van der Waals surface area contributed by atoms with Gasteiger partial charge in [-0.05, 0) is 24.3 Å². The number of oxime groups is 1. The predicted octanol–water partition coefficient (Wildman–Crippen LogP) is 2.01. The third kappa shape index (κ3) is 4.28. The standard InChI is InChI=1S/C14H11N5O3/c15-7-12(10-3-2-6-16-8-10)19-22-9-11-4-1-5-13(17-11)18-14(20)21/h1-6,8H,9H2,(H,17,18)(H,20,21)/b19-12+. The Hall–Kier alpha value is -3.47. The smallest absolute Gasteiger partial charge is 0.410 e. The number of nitrogens with zero attached hydrogens (tertiary/aromatic N) is 4. The van der Waals surface area contributed by atoms with Crippen LogP contribution in [0.25, 0.3) is 0 Å². The molecule has 110 valence electrons. The highest BCUT2D eigenvalue weighted by Gasteiger charge is 2.04. The molecule has 1 amide bonds. The Bertz CT molecular complexity index is 725. The normalized spacial score (nSPS) is 10.6. The van der Waals surface area contributed by atoms with Gasteiger partial charge in [0.05, 0.1) is 5.69 Å². The van der Waals surface area contributed by atoms with Crippen molar-refractivity contribution in [1.82, 2.24) is 9.97 Å². The molecule has 2 N–H and O–H groups in total. The molecule has 8 nitrogen and oxygen atoms in total. The lowest BCUT2D eigenvalue weighted by Gasteiger charge is -2.03. The van der Waals surface area contributed by atoms with Crippen molar-refractivity contribution >= 4 is 17.6 Å². The predicted molar refractivity (Wildman–Crippen MR) is 77.1 cm³/mol. The van der Waals surface area contributed by atoms with Crippen molar-refractivity contribution in [3.05, 3.63) is 54.0 Å². The van der Waals surface area contributed by atoms with Gasteiger partial charge in [-0.2, -0.15) is 5.26 Å². The van der Waals surface area contributed by atoms with E-state index in [1.54, 1.807) is 30.5 Å². The van der Waals surface area contributed by atoms with Crippen LogP contribution in [-0.4, -0.2) is 26.9 Å². The summed E-state index contributed by atoms with van der Waals surface area (Å²) in [4.78, 5) is 23.5. The van der Waals surface area contributed by atoms with E-state index >= 15 is 0 Å². The lowest BCUT2D eigenvalue weighted by molar-refractivity contribution is 0.128. The zero-order chi connectivity index (χ0) is 15.8. The first-order valence-corrected chi connectivity index (χ1v) is 6.15. The van der Waals surface area contributed by atoms with E-state index in [2.05, 4.69) is 20.4 Å². The lowest BCUT2D eigenvalue weighted by Crippen LogP contribution is -2.09. The Morgan fingerprint density at radius 3 is 2.95 bits per heavy atom. The number of carbonyl (C=O) groups is 1. The van der Waals surface area contributed by atoms with Crippen molar-refractivity contribution < 1.29 is 14.7 Å². The molecule has 0 bridgehead atoms. The molecule has 0 saturated carbocycles. The minimum Gasteiger partial charge on any atom is -0.465 e. The molecule has 2 rings (SSSR count). The minimum atomic E-state index is -1.20. The van der Waals surface area contributed by atoms with E-state index in [-0.39, 0.29) is 18.1 Å². The molecule has 2 aromatic rings. The zero-order valence-electron chi connectivity index (χ0n) is 11.3. The van der Waals surface area contributed by atoms with Crippen molar-refractivity contribution in [3.63, 3.8) is 0 Å². The van der Waals surface area contributed by atoms with Gasteiger partial charge in [0.15, 0.2) is 12.3 Å². The highest BCUT2D eigenvalue weighted by Crippen LogP contribution is 2.07. The van der Waals surface area contributed by atoms with Gasteiger partial charge in [0.25, 0.3) is 0 Å². The Labute approximate surface area is 125 Å². The largest absolute Gasteiger partial charge is 0.465 e. The highest BCUT2D eigenvalue weighted by atomic mass is 16.6. The summed E-state index contributed by atoms with van der Waals surface area (Å²) in [5.41, 5.74) is 1.10. The van der Waals surface area contributed by atoms with Crippen LogP contribution in [0, 0.1) is 11.3 Å². The van der Waals surface area contributed by atoms with Gasteiger partial charge >= 0.3 is 6.09 Å². The topological polar surface area (TPSA) is 120 Å². The van der Waals surface area contributed by atoms with Gasteiger partial charge in [0.1, 0.15) is 11.9 Å². The molecule has 0 aliphatic heterocycles. The van der Waals surface area contributed by atoms with Crippen molar-refractivity contribution in [2.45, 2.75) is 6.61 Å². The van der Waals surface area contributed by atoms with Crippen molar-refractivity contribution in [2.75, 3.05) is 5.32 Å². The summed E-state index contributed by atoms with van der Waals surface area (Å²) in [6, 6.07) is 10.1. The van der Waals surface area contributed by atoms with E-state index in [0.717, 1.165) is 0 Å². The molecule has 0 spiro atoms. The summed E-state index contributed by atoms with van der Waals surface area (Å²) in [5, 5.41) is 23.5. The van der Waals surface area contributed by atoms with Gasteiger partial charge in [-0.1, -0.05) is 11.2 Å². The maximum absolute atomic E-state index is 10.5. The van der Waals surface area contributed by atoms with E-state index in [1.807, 2.05) is 6.07 Å². The zero-order valence-corrected chi connectivity index (χ0v) is 11.3. The van der Waals surface area contributed by atoms with E-state index in [0.29, 0.717) is 11.3 Å². The first-order chi connectivity index (χ1) is 10.7. The molecule has 2 aromatic heterocycles. The van der Waals surface area contributed by atoms with Crippen LogP contribution in [-0.2, 0) is 11.4 Å². The van der Waals surface area contributed by atoms with Crippen molar-refractivity contribution in [3.8, 4) is 6.07 Å². The first kappa shape index (κ1) is 14.9.